The van der Waals surface area contributed by atoms with Gasteiger partial charge in [-0.15, -0.1) is 11.3 Å². The third-order valence-electron chi connectivity index (χ3n) is 2.39. The molecule has 0 amide bonds. The highest BCUT2D eigenvalue weighted by Gasteiger charge is 2.12. The molecule has 0 N–H and O–H groups in total. The number of hydrogen-bond acceptors (Lipinski definition) is 3. The van der Waals surface area contributed by atoms with E-state index in [2.05, 4.69) is 22.0 Å². The molecule has 0 bridgehead atoms. The molecular weight excluding hydrogens is 320 g/mol. The van der Waals surface area contributed by atoms with Gasteiger partial charge in [-0.2, -0.15) is 0 Å². The fourth-order valence-electron chi connectivity index (χ4n) is 1.48. The first-order valence-electron chi connectivity index (χ1n) is 4.96. The molecular formula is C12H11BrO2S2. The summed E-state index contributed by atoms with van der Waals surface area (Å²) in [5, 5.41) is 2.02. The van der Waals surface area contributed by atoms with Crippen molar-refractivity contribution in [1.29, 1.82) is 0 Å². The number of rotatable bonds is 3. The van der Waals surface area contributed by atoms with Crippen molar-refractivity contribution in [1.82, 2.24) is 0 Å². The van der Waals surface area contributed by atoms with Gasteiger partial charge in [0.1, 0.15) is 0 Å². The molecule has 0 saturated carbocycles. The first-order valence-corrected chi connectivity index (χ1v) is 8.64. The molecule has 0 aliphatic heterocycles. The van der Waals surface area contributed by atoms with Crippen molar-refractivity contribution in [2.24, 2.45) is 0 Å². The van der Waals surface area contributed by atoms with Crippen molar-refractivity contribution in [3.63, 3.8) is 0 Å². The average Bonchev–Trinajstić information content (AvgIpc) is 2.80. The van der Waals surface area contributed by atoms with Crippen molar-refractivity contribution in [3.8, 4) is 0 Å². The van der Waals surface area contributed by atoms with E-state index >= 15 is 0 Å². The molecule has 17 heavy (non-hydrogen) atoms. The van der Waals surface area contributed by atoms with Crippen molar-refractivity contribution in [2.75, 3.05) is 6.26 Å². The number of hydrogen-bond donors (Lipinski definition) is 0. The lowest BCUT2D eigenvalue weighted by Gasteiger charge is -2.08. The smallest absolute Gasteiger partial charge is 0.175 e. The number of sulfone groups is 1. The molecule has 0 radical (unpaired) electrons. The SMILES string of the molecule is CS(=O)(=O)c1ccc(C(Br)c2cccs2)cc1. The topological polar surface area (TPSA) is 34.1 Å². The maximum Gasteiger partial charge on any atom is 0.175 e. The maximum atomic E-state index is 11.3. The highest BCUT2D eigenvalue weighted by atomic mass is 79.9. The number of benzene rings is 1. The predicted molar refractivity (Wildman–Crippen MR) is 74.6 cm³/mol. The summed E-state index contributed by atoms with van der Waals surface area (Å²) in [5.41, 5.74) is 1.06. The molecule has 1 aromatic carbocycles. The summed E-state index contributed by atoms with van der Waals surface area (Å²) in [7, 11) is -3.11. The summed E-state index contributed by atoms with van der Waals surface area (Å²) in [6.07, 6.45) is 1.22. The van der Waals surface area contributed by atoms with Crippen molar-refractivity contribution >= 4 is 37.1 Å². The van der Waals surface area contributed by atoms with Gasteiger partial charge in [0, 0.05) is 11.1 Å². The number of alkyl halides is 1. The Morgan fingerprint density at radius 3 is 2.29 bits per heavy atom. The molecule has 1 unspecified atom stereocenters. The summed E-state index contributed by atoms with van der Waals surface area (Å²) in [4.78, 5) is 1.68. The zero-order valence-corrected chi connectivity index (χ0v) is 12.3. The van der Waals surface area contributed by atoms with Crippen LogP contribution in [0, 0.1) is 0 Å². The summed E-state index contributed by atoms with van der Waals surface area (Å²) in [5.74, 6) is 0. The lowest BCUT2D eigenvalue weighted by Crippen LogP contribution is -1.97. The van der Waals surface area contributed by atoms with Gasteiger partial charge in [-0.05, 0) is 29.1 Å². The second kappa shape index (κ2) is 4.92. The van der Waals surface area contributed by atoms with Gasteiger partial charge in [0.15, 0.2) is 9.84 Å². The lowest BCUT2D eigenvalue weighted by molar-refractivity contribution is 0.602. The van der Waals surface area contributed by atoms with Crippen molar-refractivity contribution in [2.45, 2.75) is 9.72 Å². The molecule has 0 spiro atoms. The van der Waals surface area contributed by atoms with Crippen LogP contribution in [0.3, 0.4) is 0 Å². The van der Waals surface area contributed by atoms with Crippen LogP contribution in [0.15, 0.2) is 46.7 Å². The summed E-state index contributed by atoms with van der Waals surface area (Å²) in [6, 6.07) is 11.0. The predicted octanol–water partition coefficient (Wildman–Crippen LogP) is 3.64. The van der Waals surface area contributed by atoms with Crippen LogP contribution in [0.25, 0.3) is 0 Å². The fourth-order valence-corrected chi connectivity index (χ4v) is 3.62. The highest BCUT2D eigenvalue weighted by Crippen LogP contribution is 2.33. The number of thiophene rings is 1. The Morgan fingerprint density at radius 1 is 1.18 bits per heavy atom. The van der Waals surface area contributed by atoms with Crippen LogP contribution < -0.4 is 0 Å². The molecule has 2 nitrogen and oxygen atoms in total. The van der Waals surface area contributed by atoms with E-state index < -0.39 is 9.84 Å². The van der Waals surface area contributed by atoms with Crippen LogP contribution in [0.4, 0.5) is 0 Å². The van der Waals surface area contributed by atoms with E-state index in [1.165, 1.54) is 11.1 Å². The third-order valence-corrected chi connectivity index (χ3v) is 5.78. The van der Waals surface area contributed by atoms with Crippen LogP contribution in [-0.2, 0) is 9.84 Å². The molecule has 2 rings (SSSR count). The van der Waals surface area contributed by atoms with Gasteiger partial charge in [0.2, 0.25) is 0 Å². The monoisotopic (exact) mass is 330 g/mol. The van der Waals surface area contributed by atoms with Crippen LogP contribution in [0.5, 0.6) is 0 Å². The van der Waals surface area contributed by atoms with Crippen LogP contribution in [0.2, 0.25) is 0 Å². The lowest BCUT2D eigenvalue weighted by atomic mass is 10.1. The van der Waals surface area contributed by atoms with Gasteiger partial charge in [-0.25, -0.2) is 8.42 Å². The van der Waals surface area contributed by atoms with Gasteiger partial charge < -0.3 is 0 Å². The average molecular weight is 331 g/mol. The number of halogens is 1. The molecule has 0 saturated heterocycles. The van der Waals surface area contributed by atoms with Gasteiger partial charge in [0.25, 0.3) is 0 Å². The quantitative estimate of drug-likeness (QED) is 0.805. The molecule has 0 aliphatic carbocycles. The van der Waals surface area contributed by atoms with Crippen LogP contribution >= 0.6 is 27.3 Å². The molecule has 90 valence electrons. The molecule has 1 aromatic heterocycles. The van der Waals surface area contributed by atoms with E-state index in [0.29, 0.717) is 4.90 Å². The first-order chi connectivity index (χ1) is 7.98. The summed E-state index contributed by atoms with van der Waals surface area (Å²) >= 11 is 5.28. The minimum Gasteiger partial charge on any atom is -0.224 e. The summed E-state index contributed by atoms with van der Waals surface area (Å²) in [6.45, 7) is 0. The minimum atomic E-state index is -3.11. The normalized spacial score (nSPS) is 13.5. The Kier molecular flexibility index (Phi) is 3.70. The van der Waals surface area contributed by atoms with Gasteiger partial charge in [-0.3, -0.25) is 0 Å². The Morgan fingerprint density at radius 2 is 1.82 bits per heavy atom. The van der Waals surface area contributed by atoms with E-state index in [1.807, 2.05) is 23.6 Å². The zero-order valence-electron chi connectivity index (χ0n) is 9.13. The van der Waals surface area contributed by atoms with E-state index in [1.54, 1.807) is 23.5 Å². The Bertz CT molecular complexity index is 586. The van der Waals surface area contributed by atoms with Gasteiger partial charge in [0.05, 0.1) is 9.72 Å². The third kappa shape index (κ3) is 2.97. The molecule has 1 heterocycles. The van der Waals surface area contributed by atoms with Crippen molar-refractivity contribution in [3.05, 3.63) is 52.2 Å². The van der Waals surface area contributed by atoms with Crippen LogP contribution in [0.1, 0.15) is 15.3 Å². The molecule has 0 aliphatic rings. The van der Waals surface area contributed by atoms with E-state index in [4.69, 9.17) is 0 Å². The van der Waals surface area contributed by atoms with Crippen molar-refractivity contribution < 1.29 is 8.42 Å². The standard InChI is InChI=1S/C12H11BrO2S2/c1-17(14,15)10-6-4-9(5-7-10)12(13)11-3-2-8-16-11/h2-8,12H,1H3. The molecule has 2 aromatic rings. The molecule has 1 atom stereocenters. The Balaban J connectivity index is 2.30. The Hall–Kier alpha value is -0.650. The molecule has 0 fully saturated rings. The Labute approximate surface area is 113 Å². The van der Waals surface area contributed by atoms with E-state index in [9.17, 15) is 8.42 Å². The molecule has 5 heteroatoms. The first kappa shape index (κ1) is 12.8. The van der Waals surface area contributed by atoms with E-state index in [-0.39, 0.29) is 4.83 Å². The van der Waals surface area contributed by atoms with E-state index in [0.717, 1.165) is 5.56 Å². The second-order valence-corrected chi connectivity index (χ2v) is 7.63. The zero-order chi connectivity index (χ0) is 12.5. The fraction of sp³-hybridized carbons (Fsp3) is 0.167. The highest BCUT2D eigenvalue weighted by molar-refractivity contribution is 9.09. The maximum absolute atomic E-state index is 11.3. The second-order valence-electron chi connectivity index (χ2n) is 3.72. The summed E-state index contributed by atoms with van der Waals surface area (Å²) < 4.78 is 22.7. The van der Waals surface area contributed by atoms with Crippen LogP contribution in [-0.4, -0.2) is 14.7 Å². The van der Waals surface area contributed by atoms with Gasteiger partial charge >= 0.3 is 0 Å². The minimum absolute atomic E-state index is 0.121. The largest absolute Gasteiger partial charge is 0.224 e. The van der Waals surface area contributed by atoms with Gasteiger partial charge in [-0.1, -0.05) is 34.1 Å².